The maximum atomic E-state index is 11.2. The molecule has 0 radical (unpaired) electrons. The molecule has 122 valence electrons. The molecule has 0 aliphatic carbocycles. The third-order valence-corrected chi connectivity index (χ3v) is 3.96. The number of pyridine rings is 1. The number of rotatable bonds is 4. The Morgan fingerprint density at radius 1 is 1.52 bits per heavy atom. The SMILES string of the molecule is CC1(C)C[C@@H](c2nc(CC(N)=O)nn2-c2cccnc2)CCO1. The zero-order valence-electron chi connectivity index (χ0n) is 13.4. The van der Waals surface area contributed by atoms with Crippen LogP contribution < -0.4 is 5.73 Å². The highest BCUT2D eigenvalue weighted by Gasteiger charge is 2.33. The summed E-state index contributed by atoms with van der Waals surface area (Å²) in [6.45, 7) is 4.84. The zero-order valence-corrected chi connectivity index (χ0v) is 13.4. The van der Waals surface area contributed by atoms with Gasteiger partial charge in [0, 0.05) is 18.7 Å². The lowest BCUT2D eigenvalue weighted by atomic mass is 9.88. The number of primary amides is 1. The fourth-order valence-corrected chi connectivity index (χ4v) is 2.98. The van der Waals surface area contributed by atoms with E-state index in [1.807, 2.05) is 12.1 Å². The molecule has 23 heavy (non-hydrogen) atoms. The lowest BCUT2D eigenvalue weighted by Crippen LogP contribution is -2.34. The Balaban J connectivity index is 2.00. The summed E-state index contributed by atoms with van der Waals surface area (Å²) >= 11 is 0. The van der Waals surface area contributed by atoms with Crippen LogP contribution in [-0.2, 0) is 16.0 Å². The minimum absolute atomic E-state index is 0.0346. The van der Waals surface area contributed by atoms with Gasteiger partial charge in [0.2, 0.25) is 5.91 Å². The summed E-state index contributed by atoms with van der Waals surface area (Å²) in [5, 5.41) is 4.47. The first-order chi connectivity index (χ1) is 10.9. The topological polar surface area (TPSA) is 95.9 Å². The second-order valence-corrected chi connectivity index (χ2v) is 6.45. The molecule has 7 nitrogen and oxygen atoms in total. The molecule has 0 spiro atoms. The van der Waals surface area contributed by atoms with E-state index in [2.05, 4.69) is 28.9 Å². The molecule has 0 saturated carbocycles. The van der Waals surface area contributed by atoms with E-state index in [4.69, 9.17) is 10.5 Å². The van der Waals surface area contributed by atoms with E-state index in [-0.39, 0.29) is 17.9 Å². The van der Waals surface area contributed by atoms with Gasteiger partial charge in [-0.3, -0.25) is 9.78 Å². The van der Waals surface area contributed by atoms with E-state index in [1.54, 1.807) is 17.1 Å². The van der Waals surface area contributed by atoms with E-state index in [1.165, 1.54) is 0 Å². The lowest BCUT2D eigenvalue weighted by molar-refractivity contribution is -0.117. The highest BCUT2D eigenvalue weighted by molar-refractivity contribution is 5.75. The van der Waals surface area contributed by atoms with Gasteiger partial charge in [-0.2, -0.15) is 5.10 Å². The Labute approximate surface area is 134 Å². The van der Waals surface area contributed by atoms with Gasteiger partial charge in [-0.05, 0) is 38.8 Å². The van der Waals surface area contributed by atoms with Crippen LogP contribution in [0.5, 0.6) is 0 Å². The van der Waals surface area contributed by atoms with Crippen LogP contribution in [0, 0.1) is 0 Å². The van der Waals surface area contributed by atoms with Crippen molar-refractivity contribution in [3.63, 3.8) is 0 Å². The fraction of sp³-hybridized carbons (Fsp3) is 0.500. The molecule has 1 amide bonds. The molecule has 2 aromatic rings. The third-order valence-electron chi connectivity index (χ3n) is 3.96. The van der Waals surface area contributed by atoms with E-state index >= 15 is 0 Å². The second kappa shape index (κ2) is 6.08. The van der Waals surface area contributed by atoms with Crippen LogP contribution >= 0.6 is 0 Å². The number of carbonyl (C=O) groups excluding carboxylic acids is 1. The fourth-order valence-electron chi connectivity index (χ4n) is 2.98. The lowest BCUT2D eigenvalue weighted by Gasteiger charge is -2.35. The predicted octanol–water partition coefficient (Wildman–Crippen LogP) is 1.36. The quantitative estimate of drug-likeness (QED) is 0.919. The number of ether oxygens (including phenoxy) is 1. The Morgan fingerprint density at radius 3 is 3.00 bits per heavy atom. The van der Waals surface area contributed by atoms with Gasteiger partial charge in [0.05, 0.1) is 23.9 Å². The Morgan fingerprint density at radius 2 is 2.35 bits per heavy atom. The summed E-state index contributed by atoms with van der Waals surface area (Å²) in [5.41, 5.74) is 5.92. The normalized spacial score (nSPS) is 20.3. The van der Waals surface area contributed by atoms with Crippen LogP contribution in [0.4, 0.5) is 0 Å². The Kier molecular flexibility index (Phi) is 4.12. The van der Waals surface area contributed by atoms with Gasteiger partial charge in [-0.25, -0.2) is 9.67 Å². The standard InChI is InChI=1S/C16H21N5O2/c1-16(2)9-11(5-7-23-16)15-19-14(8-13(17)22)20-21(15)12-4-3-6-18-10-12/h3-4,6,10-11H,5,7-9H2,1-2H3,(H2,17,22)/t11-/m0/s1. The van der Waals surface area contributed by atoms with Crippen molar-refractivity contribution in [1.82, 2.24) is 19.7 Å². The van der Waals surface area contributed by atoms with E-state index in [9.17, 15) is 4.79 Å². The maximum absolute atomic E-state index is 11.2. The van der Waals surface area contributed by atoms with Crippen molar-refractivity contribution < 1.29 is 9.53 Å². The number of nitrogens with two attached hydrogens (primary N) is 1. The van der Waals surface area contributed by atoms with E-state index in [0.29, 0.717) is 12.4 Å². The molecule has 1 atom stereocenters. The van der Waals surface area contributed by atoms with Crippen molar-refractivity contribution in [1.29, 1.82) is 0 Å². The molecule has 1 saturated heterocycles. The molecule has 0 aromatic carbocycles. The van der Waals surface area contributed by atoms with Crippen LogP contribution in [0.2, 0.25) is 0 Å². The van der Waals surface area contributed by atoms with E-state index < -0.39 is 5.91 Å². The first-order valence-electron chi connectivity index (χ1n) is 7.73. The molecule has 1 aliphatic heterocycles. The van der Waals surface area contributed by atoms with Crippen molar-refractivity contribution >= 4 is 5.91 Å². The van der Waals surface area contributed by atoms with Crippen LogP contribution in [-0.4, -0.2) is 37.9 Å². The first-order valence-corrected chi connectivity index (χ1v) is 7.73. The average molecular weight is 315 g/mol. The monoisotopic (exact) mass is 315 g/mol. The molecule has 0 unspecified atom stereocenters. The summed E-state index contributed by atoms with van der Waals surface area (Å²) in [6, 6.07) is 3.77. The third kappa shape index (κ3) is 3.56. The number of carbonyl (C=O) groups is 1. The van der Waals surface area contributed by atoms with Crippen molar-refractivity contribution in [2.75, 3.05) is 6.61 Å². The van der Waals surface area contributed by atoms with Crippen molar-refractivity contribution in [3.8, 4) is 5.69 Å². The van der Waals surface area contributed by atoms with Crippen molar-refractivity contribution in [2.45, 2.75) is 44.6 Å². The predicted molar refractivity (Wildman–Crippen MR) is 84.1 cm³/mol. The summed E-state index contributed by atoms with van der Waals surface area (Å²) < 4.78 is 7.57. The minimum atomic E-state index is -0.438. The van der Waals surface area contributed by atoms with Crippen LogP contribution in [0.3, 0.4) is 0 Å². The van der Waals surface area contributed by atoms with Gasteiger partial charge >= 0.3 is 0 Å². The second-order valence-electron chi connectivity index (χ2n) is 6.45. The summed E-state index contributed by atoms with van der Waals surface area (Å²) in [5.74, 6) is 1.06. The van der Waals surface area contributed by atoms with Gasteiger partial charge < -0.3 is 10.5 Å². The maximum Gasteiger partial charge on any atom is 0.225 e. The van der Waals surface area contributed by atoms with Crippen molar-refractivity contribution in [3.05, 3.63) is 36.2 Å². The molecule has 3 heterocycles. The molecule has 1 aliphatic rings. The highest BCUT2D eigenvalue weighted by Crippen LogP contribution is 2.35. The number of aromatic nitrogens is 4. The molecule has 7 heteroatoms. The smallest absolute Gasteiger partial charge is 0.225 e. The summed E-state index contributed by atoms with van der Waals surface area (Å²) in [7, 11) is 0. The largest absolute Gasteiger partial charge is 0.376 e. The Bertz CT molecular complexity index is 696. The van der Waals surface area contributed by atoms with Gasteiger partial charge in [0.1, 0.15) is 5.82 Å². The number of nitrogens with zero attached hydrogens (tertiary/aromatic N) is 4. The molecule has 3 rings (SSSR count). The van der Waals surface area contributed by atoms with Gasteiger partial charge in [-0.15, -0.1) is 0 Å². The van der Waals surface area contributed by atoms with Crippen LogP contribution in [0.15, 0.2) is 24.5 Å². The van der Waals surface area contributed by atoms with Crippen LogP contribution in [0.1, 0.15) is 44.3 Å². The molecular weight excluding hydrogens is 294 g/mol. The highest BCUT2D eigenvalue weighted by atomic mass is 16.5. The average Bonchev–Trinajstić information content (AvgIpc) is 2.90. The Hall–Kier alpha value is -2.28. The zero-order chi connectivity index (χ0) is 16.4. The van der Waals surface area contributed by atoms with E-state index in [0.717, 1.165) is 24.4 Å². The molecule has 2 aromatic heterocycles. The molecular formula is C16H21N5O2. The first kappa shape index (κ1) is 15.6. The van der Waals surface area contributed by atoms with Gasteiger partial charge in [-0.1, -0.05) is 0 Å². The van der Waals surface area contributed by atoms with Crippen molar-refractivity contribution in [2.24, 2.45) is 5.73 Å². The van der Waals surface area contributed by atoms with Gasteiger partial charge in [0.15, 0.2) is 5.82 Å². The summed E-state index contributed by atoms with van der Waals surface area (Å²) in [4.78, 5) is 19.9. The number of hydrogen-bond acceptors (Lipinski definition) is 5. The number of amides is 1. The minimum Gasteiger partial charge on any atom is -0.376 e. The summed E-state index contributed by atoms with van der Waals surface area (Å²) in [6.07, 6.45) is 5.20. The molecule has 2 N–H and O–H groups in total. The van der Waals surface area contributed by atoms with Gasteiger partial charge in [0.25, 0.3) is 0 Å². The molecule has 1 fully saturated rings. The number of hydrogen-bond donors (Lipinski definition) is 1. The molecule has 0 bridgehead atoms. The van der Waals surface area contributed by atoms with Crippen LogP contribution in [0.25, 0.3) is 5.69 Å².